The highest BCUT2D eigenvalue weighted by Crippen LogP contribution is 2.53. The van der Waals surface area contributed by atoms with Gasteiger partial charge < -0.3 is 46.6 Å². The average molecular weight is 2130 g/mol. The maximum atomic E-state index is 15.6. The van der Waals surface area contributed by atoms with Gasteiger partial charge in [0.15, 0.2) is 11.6 Å². The Hall–Kier alpha value is -11.3. The number of nitrogens with zero attached hydrogens (tertiary/aromatic N) is 18. The van der Waals surface area contributed by atoms with Crippen molar-refractivity contribution in [3.63, 3.8) is 0 Å². The van der Waals surface area contributed by atoms with Crippen molar-refractivity contribution < 1.29 is 23.2 Å². The molecule has 3 amide bonds. The number of pyridine rings is 9. The maximum Gasteiger partial charge on any atom is 0.276 e. The number of nitriles is 3. The molecule has 138 heavy (non-hydrogen) atoms. The van der Waals surface area contributed by atoms with Gasteiger partial charge >= 0.3 is 0 Å². The zero-order valence-electron chi connectivity index (χ0n) is 75.8. The van der Waals surface area contributed by atoms with Crippen molar-refractivity contribution in [1.29, 1.82) is 15.8 Å². The van der Waals surface area contributed by atoms with Crippen LogP contribution >= 0.6 is 151 Å². The molecule has 3 aliphatic heterocycles. The Kier molecular flexibility index (Phi) is 31.4. The first-order valence-electron chi connectivity index (χ1n) is 42.6. The molecule has 12 aromatic rings. The lowest BCUT2D eigenvalue weighted by atomic mass is 10.0. The summed E-state index contributed by atoms with van der Waals surface area (Å²) >= 11 is 84.2. The number of aromatic nitrogens is 9. The first-order chi connectivity index (χ1) is 65.2. The highest BCUT2D eigenvalue weighted by atomic mass is 35.5. The summed E-state index contributed by atoms with van der Waals surface area (Å²) in [6.07, 6.45) is 8.71. The van der Waals surface area contributed by atoms with E-state index in [-0.39, 0.29) is 213 Å². The van der Waals surface area contributed by atoms with E-state index in [1.54, 1.807) is 70.5 Å². The molecule has 3 aromatic carbocycles. The van der Waals surface area contributed by atoms with Crippen molar-refractivity contribution in [2.24, 2.45) is 0 Å². The normalized spacial score (nSPS) is 15.0. The number of piperazine rings is 3. The van der Waals surface area contributed by atoms with Crippen LogP contribution in [0, 0.1) is 66.4 Å². The van der Waals surface area contributed by atoms with E-state index in [1.807, 2.05) is 90.9 Å². The van der Waals surface area contributed by atoms with E-state index in [1.165, 1.54) is 38.0 Å². The molecule has 12 heterocycles. The molecule has 3 fully saturated rings. The molecule has 27 nitrogen and oxygen atoms in total. The second kappa shape index (κ2) is 41.6. The first-order valence-corrected chi connectivity index (χ1v) is 47.5. The lowest BCUT2D eigenvalue weighted by Crippen LogP contribution is -2.54. The van der Waals surface area contributed by atoms with Crippen molar-refractivity contribution in [2.45, 2.75) is 119 Å². The SMILES string of the molecule is C=CC(=O)N1CCN(c2c(C#N)c(=O)n(-c3c(C)ccnc3C(C)C)c3nc(-c4c(N)c(Cl)c(Cl)c(Cl)c4Cl)c(Cl)cc23)C[C@H]1C.C=CC(=O)N1CCN(c2c(C#N)c(=O)n(-c3c(C)ccnc3C(C)C)c3nc(-c4c(N)c(Cl)c(Cl)c(Cl)c4Cl)c(Cl)cc23)C[C@H]1C.C=CC(=O)N1CCN(c2c(C#N)c(=O)n(-c3c(C)ccnc3C(C)C)c3nc(-c4c(N)c(Cl)c(F)c(Cl)c4F)c(Cl)cc23)C[C@H]1C. The van der Waals surface area contributed by atoms with Gasteiger partial charge in [-0.15, -0.1) is 0 Å². The smallest absolute Gasteiger partial charge is 0.276 e. The number of amides is 3. The van der Waals surface area contributed by atoms with Crippen LogP contribution in [0.25, 0.3) is 83.9 Å². The van der Waals surface area contributed by atoms with Gasteiger partial charge in [0.1, 0.15) is 61.9 Å². The molecule has 0 saturated carbocycles. The number of benzene rings is 3. The molecule has 714 valence electrons. The van der Waals surface area contributed by atoms with Gasteiger partial charge in [0.2, 0.25) is 17.7 Å². The van der Waals surface area contributed by atoms with Gasteiger partial charge in [-0.3, -0.25) is 57.4 Å². The Morgan fingerprint density at radius 2 is 0.659 bits per heavy atom. The van der Waals surface area contributed by atoms with E-state index >= 15 is 4.39 Å². The van der Waals surface area contributed by atoms with Crippen LogP contribution in [0.5, 0.6) is 0 Å². The fraction of sp³-hybridized carbons (Fsp3) is 0.281. The molecule has 0 radical (unpaired) electrons. The molecule has 6 N–H and O–H groups in total. The predicted octanol–water partition coefficient (Wildman–Crippen LogP) is 22.4. The predicted molar refractivity (Wildman–Crippen MR) is 551 cm³/mol. The Bertz CT molecular complexity index is 6780. The second-order valence-electron chi connectivity index (χ2n) is 33.8. The van der Waals surface area contributed by atoms with Crippen molar-refractivity contribution in [2.75, 3.05) is 90.8 Å². The summed E-state index contributed by atoms with van der Waals surface area (Å²) in [6.45, 7) is 36.3. The molecule has 9 aromatic heterocycles. The molecular weight excluding hydrogens is 2040 g/mol. The van der Waals surface area contributed by atoms with Gasteiger partial charge in [-0.05, 0) is 131 Å². The monoisotopic (exact) mass is 2120 g/mol. The standard InChI is InChI=1S/2C32H28Cl5N7O2.C32H28Cl3F2N7O2/c2*1-6-20(45)43-10-9-42(13-16(43)5)30-17-11-19(33)28(21-22(34)23(35)24(36)25(37)26(21)39)41-31(17)44(32(46)18(30)12-38)29-15(4)7-8-40-27(29)14(2)3;1-6-20(45)43-10-9-42(13-16(43)5)30-17-11-19(33)28(21-24(36)22(34)25(37)23(35)26(21)39)41-31(17)44(32(46)18(30)12-38)29-15(4)7-8-40-27(29)14(2)3/h3*6-8,11,14,16H,1,9-10,13,39H2,2-5H3/t3*16-/m111/s1. The quantitative estimate of drug-likeness (QED) is 0.0371. The molecule has 3 saturated heterocycles. The van der Waals surface area contributed by atoms with Gasteiger partial charge in [0.05, 0.1) is 146 Å². The van der Waals surface area contributed by atoms with E-state index in [0.29, 0.717) is 101 Å². The van der Waals surface area contributed by atoms with Gasteiger partial charge in [0.25, 0.3) is 16.7 Å². The lowest BCUT2D eigenvalue weighted by Gasteiger charge is -2.41. The number of halogens is 15. The number of carbonyl (C=O) groups is 3. The van der Waals surface area contributed by atoms with E-state index in [9.17, 15) is 48.9 Å². The minimum absolute atomic E-state index is 0.00372. The summed E-state index contributed by atoms with van der Waals surface area (Å²) < 4.78 is 34.1. The maximum absolute atomic E-state index is 15.6. The Labute approximate surface area is 856 Å². The third kappa shape index (κ3) is 18.4. The number of hydrogen-bond donors (Lipinski definition) is 3. The van der Waals surface area contributed by atoms with E-state index in [4.69, 9.17) is 183 Å². The number of carbonyl (C=O) groups excluding carboxylic acids is 3. The minimum atomic E-state index is -1.24. The fourth-order valence-corrected chi connectivity index (χ4v) is 20.6. The summed E-state index contributed by atoms with van der Waals surface area (Å²) in [7, 11) is 0. The van der Waals surface area contributed by atoms with Gasteiger partial charge in [-0.1, -0.05) is 212 Å². The van der Waals surface area contributed by atoms with Crippen LogP contribution in [0.2, 0.25) is 65.3 Å². The summed E-state index contributed by atoms with van der Waals surface area (Å²) in [5.74, 6) is -3.48. The van der Waals surface area contributed by atoms with Crippen LogP contribution in [-0.4, -0.2) is 153 Å². The van der Waals surface area contributed by atoms with Gasteiger partial charge in [-0.25, -0.2) is 23.7 Å². The third-order valence-corrected chi connectivity index (χ3v) is 29.4. The molecule has 42 heteroatoms. The number of hydrogen-bond acceptors (Lipinski definition) is 21. The number of aryl methyl sites for hydroxylation is 3. The van der Waals surface area contributed by atoms with Crippen LogP contribution < -0.4 is 48.6 Å². The van der Waals surface area contributed by atoms with Crippen LogP contribution in [-0.2, 0) is 14.4 Å². The number of rotatable bonds is 15. The molecule has 0 spiro atoms. The zero-order valence-corrected chi connectivity index (χ0v) is 85.6. The first kappa shape index (κ1) is 104. The molecule has 15 rings (SSSR count). The van der Waals surface area contributed by atoms with Crippen molar-refractivity contribution in [3.05, 3.63) is 251 Å². The number of nitrogen functional groups attached to an aromatic ring is 3. The summed E-state index contributed by atoms with van der Waals surface area (Å²) in [5, 5.41) is 30.9. The fourth-order valence-electron chi connectivity index (χ4n) is 17.6. The van der Waals surface area contributed by atoms with Gasteiger partial charge in [0, 0.05) is 123 Å². The summed E-state index contributed by atoms with van der Waals surface area (Å²) in [5.41, 5.74) is 22.4. The van der Waals surface area contributed by atoms with E-state index in [2.05, 4.69) is 52.9 Å². The molecule has 0 bridgehead atoms. The van der Waals surface area contributed by atoms with Crippen LogP contribution in [0.4, 0.5) is 42.9 Å². The molecule has 0 aliphatic carbocycles. The van der Waals surface area contributed by atoms with Gasteiger partial charge in [-0.2, -0.15) is 15.8 Å². The van der Waals surface area contributed by atoms with Crippen molar-refractivity contribution in [3.8, 4) is 69.0 Å². The van der Waals surface area contributed by atoms with Crippen LogP contribution in [0.15, 0.2) is 107 Å². The number of anilines is 6. The second-order valence-corrected chi connectivity index (χ2v) is 38.8. The summed E-state index contributed by atoms with van der Waals surface area (Å²) in [4.78, 5) is 120. The molecular formula is C96H84Cl13F2N21O6. The highest BCUT2D eigenvalue weighted by molar-refractivity contribution is 6.55. The Morgan fingerprint density at radius 3 is 0.913 bits per heavy atom. The summed E-state index contributed by atoms with van der Waals surface area (Å²) in [6, 6.07) is 15.5. The Balaban J connectivity index is 0.000000175. The minimum Gasteiger partial charge on any atom is -0.397 e. The largest absolute Gasteiger partial charge is 0.397 e. The average Bonchev–Trinajstić information content (AvgIpc) is 0.726. The Morgan fingerprint density at radius 1 is 0.399 bits per heavy atom. The van der Waals surface area contributed by atoms with Crippen LogP contribution in [0.3, 0.4) is 0 Å². The topological polar surface area (TPSA) is 363 Å². The van der Waals surface area contributed by atoms with Crippen molar-refractivity contribution in [1.82, 2.24) is 58.3 Å². The molecule has 3 atom stereocenters. The van der Waals surface area contributed by atoms with E-state index in [0.717, 1.165) is 11.1 Å². The van der Waals surface area contributed by atoms with Crippen molar-refractivity contribution >= 4 is 236 Å². The highest BCUT2D eigenvalue weighted by Gasteiger charge is 2.40. The zero-order chi connectivity index (χ0) is 101. The molecule has 3 aliphatic rings. The number of nitrogens with two attached hydrogens (primary N) is 3. The molecule has 0 unspecified atom stereocenters. The lowest BCUT2D eigenvalue weighted by molar-refractivity contribution is -0.129. The third-order valence-electron chi connectivity index (χ3n) is 24.2. The van der Waals surface area contributed by atoms with Crippen LogP contribution in [0.1, 0.15) is 131 Å². The van der Waals surface area contributed by atoms with E-state index < -0.39 is 49.6 Å². The number of fused-ring (bicyclic) bond motifs is 3.